The second-order valence-corrected chi connectivity index (χ2v) is 5.62. The average Bonchev–Trinajstić information content (AvgIpc) is 2.82. The van der Waals surface area contributed by atoms with E-state index in [-0.39, 0.29) is 18.7 Å². The minimum Gasteiger partial charge on any atom is -0.466 e. The Balaban J connectivity index is 1.85. The molecule has 0 radical (unpaired) electrons. The zero-order valence-corrected chi connectivity index (χ0v) is 12.0. The quantitative estimate of drug-likeness (QED) is 0.920. The van der Waals surface area contributed by atoms with Gasteiger partial charge in [-0.25, -0.2) is 0 Å². The smallest absolute Gasteiger partial charge is 0.393 e. The summed E-state index contributed by atoms with van der Waals surface area (Å²) in [5.74, 6) is -0.320. The van der Waals surface area contributed by atoms with Crippen molar-refractivity contribution in [3.05, 3.63) is 23.7 Å². The van der Waals surface area contributed by atoms with Gasteiger partial charge in [0.05, 0.1) is 5.92 Å². The number of amides is 1. The number of carbonyl (C=O) groups excluding carboxylic acids is 1. The van der Waals surface area contributed by atoms with Crippen LogP contribution in [0.2, 0.25) is 0 Å². The van der Waals surface area contributed by atoms with E-state index in [9.17, 15) is 18.0 Å². The summed E-state index contributed by atoms with van der Waals surface area (Å²) >= 11 is 0. The molecule has 1 fully saturated rings. The molecule has 0 unspecified atom stereocenters. The lowest BCUT2D eigenvalue weighted by molar-refractivity contribution is -0.189. The van der Waals surface area contributed by atoms with Gasteiger partial charge in [0, 0.05) is 18.9 Å². The average molecular weight is 303 g/mol. The molecule has 1 aliphatic rings. The van der Waals surface area contributed by atoms with Crippen molar-refractivity contribution < 1.29 is 22.4 Å². The molecule has 0 aliphatic heterocycles. The minimum atomic E-state index is -4.24. The van der Waals surface area contributed by atoms with Gasteiger partial charge in [-0.15, -0.1) is 0 Å². The predicted octanol–water partition coefficient (Wildman–Crippen LogP) is 3.76. The molecule has 1 saturated carbocycles. The van der Waals surface area contributed by atoms with E-state index in [1.54, 1.807) is 19.1 Å². The van der Waals surface area contributed by atoms with Gasteiger partial charge in [-0.2, -0.15) is 13.2 Å². The Kier molecular flexibility index (Phi) is 4.96. The maximum atomic E-state index is 12.9. The molecule has 1 N–H and O–H groups in total. The number of furan rings is 1. The molecule has 0 bridgehead atoms. The summed E-state index contributed by atoms with van der Waals surface area (Å²) in [6, 6.07) is 2.79. The molecule has 1 amide bonds. The van der Waals surface area contributed by atoms with E-state index >= 15 is 0 Å². The van der Waals surface area contributed by atoms with Crippen molar-refractivity contribution in [1.29, 1.82) is 0 Å². The lowest BCUT2D eigenvalue weighted by Gasteiger charge is -2.33. The molecule has 1 aromatic heterocycles. The van der Waals surface area contributed by atoms with Crippen molar-refractivity contribution in [1.82, 2.24) is 5.32 Å². The van der Waals surface area contributed by atoms with Crippen molar-refractivity contribution >= 4 is 5.91 Å². The van der Waals surface area contributed by atoms with E-state index in [0.717, 1.165) is 12.2 Å². The Hall–Kier alpha value is -1.46. The largest absolute Gasteiger partial charge is 0.466 e. The van der Waals surface area contributed by atoms with Gasteiger partial charge in [0.15, 0.2) is 0 Å². The molecular formula is C15H20F3NO2. The van der Waals surface area contributed by atoms with Crippen molar-refractivity contribution in [3.63, 3.8) is 0 Å². The second-order valence-electron chi connectivity index (χ2n) is 5.62. The first-order valence-corrected chi connectivity index (χ1v) is 7.27. The van der Waals surface area contributed by atoms with Crippen LogP contribution in [0, 0.1) is 12.8 Å². The van der Waals surface area contributed by atoms with Crippen molar-refractivity contribution in [2.24, 2.45) is 5.92 Å². The third-order valence-electron chi connectivity index (χ3n) is 3.93. The molecule has 0 aromatic carbocycles. The normalized spacial score (nSPS) is 23.0. The fourth-order valence-corrected chi connectivity index (χ4v) is 2.83. The molecule has 1 aliphatic carbocycles. The lowest BCUT2D eigenvalue weighted by Crippen LogP contribution is -2.47. The first kappa shape index (κ1) is 15.9. The number of carbonyl (C=O) groups is 1. The van der Waals surface area contributed by atoms with Gasteiger partial charge >= 0.3 is 6.18 Å². The SMILES string of the molecule is Cc1ccc(CCC(=O)N[C@H]2CCCC[C@@H]2C(F)(F)F)o1. The highest BCUT2D eigenvalue weighted by Gasteiger charge is 2.45. The van der Waals surface area contributed by atoms with E-state index in [2.05, 4.69) is 5.32 Å². The van der Waals surface area contributed by atoms with Crippen LogP contribution in [0.3, 0.4) is 0 Å². The van der Waals surface area contributed by atoms with Gasteiger partial charge in [-0.05, 0) is 31.9 Å². The van der Waals surface area contributed by atoms with E-state index in [1.165, 1.54) is 0 Å². The molecule has 6 heteroatoms. The van der Waals surface area contributed by atoms with Crippen molar-refractivity contribution in [2.75, 3.05) is 0 Å². The zero-order chi connectivity index (χ0) is 15.5. The Bertz CT molecular complexity index is 482. The number of rotatable bonds is 4. The standard InChI is InChI=1S/C15H20F3NO2/c1-10-6-7-11(21-10)8-9-14(20)19-13-5-3-2-4-12(13)15(16,17)18/h6-7,12-13H,2-5,8-9H2,1H3,(H,19,20)/t12-,13-/m0/s1. The maximum Gasteiger partial charge on any atom is 0.393 e. The molecule has 2 rings (SSSR count). The summed E-state index contributed by atoms with van der Waals surface area (Å²) in [6.07, 6.45) is -1.88. The molecule has 1 heterocycles. The Morgan fingerprint density at radius 2 is 2.05 bits per heavy atom. The maximum absolute atomic E-state index is 12.9. The van der Waals surface area contributed by atoms with Crippen LogP contribution in [-0.2, 0) is 11.2 Å². The highest BCUT2D eigenvalue weighted by molar-refractivity contribution is 5.76. The number of aryl methyl sites for hydroxylation is 2. The summed E-state index contributed by atoms with van der Waals surface area (Å²) in [5.41, 5.74) is 0. The summed E-state index contributed by atoms with van der Waals surface area (Å²) < 4.78 is 44.1. The van der Waals surface area contributed by atoms with Crippen LogP contribution in [0.4, 0.5) is 13.2 Å². The third kappa shape index (κ3) is 4.51. The molecular weight excluding hydrogens is 283 g/mol. The predicted molar refractivity (Wildman–Crippen MR) is 71.7 cm³/mol. The first-order valence-electron chi connectivity index (χ1n) is 7.27. The fraction of sp³-hybridized carbons (Fsp3) is 0.667. The lowest BCUT2D eigenvalue weighted by atomic mass is 9.84. The van der Waals surface area contributed by atoms with Crippen LogP contribution in [0.5, 0.6) is 0 Å². The van der Waals surface area contributed by atoms with Crippen LogP contribution in [0.1, 0.15) is 43.6 Å². The Labute approximate surface area is 121 Å². The van der Waals surface area contributed by atoms with E-state index in [0.29, 0.717) is 25.0 Å². The third-order valence-corrected chi connectivity index (χ3v) is 3.93. The Morgan fingerprint density at radius 1 is 1.33 bits per heavy atom. The van der Waals surface area contributed by atoms with Crippen LogP contribution < -0.4 is 5.32 Å². The molecule has 0 saturated heterocycles. The number of alkyl halides is 3. The summed E-state index contributed by atoms with van der Waals surface area (Å²) in [5, 5.41) is 2.55. The minimum absolute atomic E-state index is 0.103. The summed E-state index contributed by atoms with van der Waals surface area (Å²) in [6.45, 7) is 1.81. The molecule has 0 spiro atoms. The van der Waals surface area contributed by atoms with Gasteiger partial charge in [-0.1, -0.05) is 12.8 Å². The first-order chi connectivity index (χ1) is 9.86. The molecule has 21 heavy (non-hydrogen) atoms. The van der Waals surface area contributed by atoms with Crippen molar-refractivity contribution in [3.8, 4) is 0 Å². The van der Waals surface area contributed by atoms with Gasteiger partial charge < -0.3 is 9.73 Å². The van der Waals surface area contributed by atoms with Crippen LogP contribution in [-0.4, -0.2) is 18.1 Å². The molecule has 3 nitrogen and oxygen atoms in total. The van der Waals surface area contributed by atoms with Crippen LogP contribution in [0.25, 0.3) is 0 Å². The van der Waals surface area contributed by atoms with Gasteiger partial charge in [-0.3, -0.25) is 4.79 Å². The van der Waals surface area contributed by atoms with Crippen LogP contribution >= 0.6 is 0 Å². The second kappa shape index (κ2) is 6.54. The topological polar surface area (TPSA) is 42.2 Å². The number of hydrogen-bond donors (Lipinski definition) is 1. The number of nitrogens with one attached hydrogen (secondary N) is 1. The van der Waals surface area contributed by atoms with Crippen molar-refractivity contribution in [2.45, 2.75) is 57.7 Å². The van der Waals surface area contributed by atoms with Crippen LogP contribution in [0.15, 0.2) is 16.5 Å². The Morgan fingerprint density at radius 3 is 2.67 bits per heavy atom. The fourth-order valence-electron chi connectivity index (χ4n) is 2.83. The highest BCUT2D eigenvalue weighted by atomic mass is 19.4. The molecule has 118 valence electrons. The molecule has 2 atom stereocenters. The van der Waals surface area contributed by atoms with E-state index < -0.39 is 18.1 Å². The van der Waals surface area contributed by atoms with Gasteiger partial charge in [0.25, 0.3) is 0 Å². The zero-order valence-electron chi connectivity index (χ0n) is 12.0. The summed E-state index contributed by atoms with van der Waals surface area (Å²) in [7, 11) is 0. The van der Waals surface area contributed by atoms with Gasteiger partial charge in [0.2, 0.25) is 5.91 Å². The molecule has 1 aromatic rings. The number of hydrogen-bond acceptors (Lipinski definition) is 2. The number of halogens is 3. The highest BCUT2D eigenvalue weighted by Crippen LogP contribution is 2.37. The van der Waals surface area contributed by atoms with E-state index in [1.807, 2.05) is 0 Å². The monoisotopic (exact) mass is 303 g/mol. The van der Waals surface area contributed by atoms with E-state index in [4.69, 9.17) is 4.42 Å². The van der Waals surface area contributed by atoms with Gasteiger partial charge in [0.1, 0.15) is 11.5 Å². The summed E-state index contributed by atoms with van der Waals surface area (Å²) in [4.78, 5) is 11.8.